The molecule has 0 aliphatic carbocycles. The van der Waals surface area contributed by atoms with Gasteiger partial charge >= 0.3 is 11.9 Å². The van der Waals surface area contributed by atoms with Crippen molar-refractivity contribution < 1.29 is 53.8 Å². The first-order valence-electron chi connectivity index (χ1n) is 13.3. The number of amides is 1. The first-order valence-corrected chi connectivity index (χ1v) is 13.3. The number of benzene rings is 1. The highest BCUT2D eigenvalue weighted by atomic mass is 16.7. The van der Waals surface area contributed by atoms with Crippen LogP contribution in [0.2, 0.25) is 0 Å². The highest BCUT2D eigenvalue weighted by Gasteiger charge is 2.60. The molecular formula is C28H34N2O11. The average molecular weight is 575 g/mol. The molecule has 1 aromatic rings. The number of fused-ring (bicyclic) bond motifs is 4. The minimum absolute atomic E-state index is 0.0885. The quantitative estimate of drug-likeness (QED) is 0.125. The lowest BCUT2D eigenvalue weighted by Gasteiger charge is -2.44. The van der Waals surface area contributed by atoms with Gasteiger partial charge in [-0.3, -0.25) is 9.69 Å². The van der Waals surface area contributed by atoms with Crippen LogP contribution in [0, 0.1) is 11.8 Å². The van der Waals surface area contributed by atoms with Gasteiger partial charge in [0, 0.05) is 24.2 Å². The molecule has 4 aliphatic rings. The molecule has 0 bridgehead atoms. The minimum atomic E-state index is -1.85. The van der Waals surface area contributed by atoms with E-state index in [0.29, 0.717) is 42.8 Å². The molecule has 41 heavy (non-hydrogen) atoms. The van der Waals surface area contributed by atoms with Gasteiger partial charge < -0.3 is 44.7 Å². The summed E-state index contributed by atoms with van der Waals surface area (Å²) in [5.74, 6) is -2.48. The Balaban J connectivity index is 1.47. The summed E-state index contributed by atoms with van der Waals surface area (Å²) in [6.07, 6.45) is -4.69. The van der Waals surface area contributed by atoms with Gasteiger partial charge in [0.05, 0.1) is 31.5 Å². The Kier molecular flexibility index (Phi) is 7.83. The number of nitrogens with zero attached hydrogens (tertiary/aromatic N) is 1. The smallest absolute Gasteiger partial charge is 0.337 e. The number of esters is 1. The van der Waals surface area contributed by atoms with Gasteiger partial charge in [-0.25, -0.2) is 9.59 Å². The monoisotopic (exact) mass is 574 g/mol. The second kappa shape index (κ2) is 11.1. The Labute approximate surface area is 235 Å². The van der Waals surface area contributed by atoms with Crippen LogP contribution in [0.4, 0.5) is 5.69 Å². The van der Waals surface area contributed by atoms with Crippen LogP contribution in [0.15, 0.2) is 42.7 Å². The van der Waals surface area contributed by atoms with Crippen LogP contribution in [0.5, 0.6) is 5.75 Å². The molecule has 4 aliphatic heterocycles. The number of methoxy groups -OCH3 is 2. The van der Waals surface area contributed by atoms with E-state index in [1.807, 2.05) is 0 Å². The van der Waals surface area contributed by atoms with Crippen molar-refractivity contribution in [1.82, 2.24) is 4.90 Å². The van der Waals surface area contributed by atoms with Crippen LogP contribution in [-0.2, 0) is 34.0 Å². The molecule has 1 aromatic carbocycles. The third kappa shape index (κ3) is 4.67. The Bertz CT molecular complexity index is 1270. The molecule has 5 rings (SSSR count). The first-order chi connectivity index (χ1) is 19.6. The fourth-order valence-corrected chi connectivity index (χ4v) is 6.76. The molecule has 9 atom stereocenters. The van der Waals surface area contributed by atoms with Gasteiger partial charge in [0.25, 0.3) is 0 Å². The van der Waals surface area contributed by atoms with Gasteiger partial charge in [-0.2, -0.15) is 0 Å². The number of carboxylic acids is 1. The van der Waals surface area contributed by atoms with Crippen molar-refractivity contribution >= 4 is 23.5 Å². The predicted octanol–water partition coefficient (Wildman–Crippen LogP) is -0.253. The maximum Gasteiger partial charge on any atom is 0.337 e. The summed E-state index contributed by atoms with van der Waals surface area (Å²) in [5.41, 5.74) is 0.601. The van der Waals surface area contributed by atoms with Crippen LogP contribution >= 0.6 is 0 Å². The molecule has 5 N–H and O–H groups in total. The Hall–Kier alpha value is -3.49. The summed E-state index contributed by atoms with van der Waals surface area (Å²) in [6, 6.07) is 4.52. The van der Waals surface area contributed by atoms with Gasteiger partial charge in [0.2, 0.25) is 12.2 Å². The van der Waals surface area contributed by atoms with E-state index in [2.05, 4.69) is 16.8 Å². The molecule has 1 spiro atoms. The Morgan fingerprint density at radius 1 is 1.20 bits per heavy atom. The molecule has 0 aromatic heterocycles. The van der Waals surface area contributed by atoms with E-state index in [4.69, 9.17) is 18.9 Å². The fraction of sp³-hybridized carbons (Fsp3) is 0.536. The number of carboxylic acid groups (broad SMARTS) is 1. The molecule has 0 radical (unpaired) electrons. The number of carbonyl (C=O) groups excluding carboxylic acids is 2. The van der Waals surface area contributed by atoms with E-state index in [0.717, 1.165) is 0 Å². The summed E-state index contributed by atoms with van der Waals surface area (Å²) in [4.78, 5) is 40.1. The second-order valence-electron chi connectivity index (χ2n) is 10.8. The van der Waals surface area contributed by atoms with Gasteiger partial charge in [-0.1, -0.05) is 6.08 Å². The number of carbonyl (C=O) groups is 3. The minimum Gasteiger partial charge on any atom is -0.504 e. The first kappa shape index (κ1) is 29.0. The summed E-state index contributed by atoms with van der Waals surface area (Å²) < 4.78 is 21.3. The Morgan fingerprint density at radius 2 is 1.95 bits per heavy atom. The van der Waals surface area contributed by atoms with Gasteiger partial charge in [0.1, 0.15) is 24.1 Å². The van der Waals surface area contributed by atoms with Crippen LogP contribution in [0.3, 0.4) is 0 Å². The van der Waals surface area contributed by atoms with Gasteiger partial charge in [-0.05, 0) is 49.1 Å². The third-order valence-electron chi connectivity index (χ3n) is 8.80. The number of anilines is 1. The lowest BCUT2D eigenvalue weighted by Crippen LogP contribution is -2.61. The lowest BCUT2D eigenvalue weighted by molar-refractivity contribution is -0.271. The normalized spacial score (nSPS) is 36.7. The van der Waals surface area contributed by atoms with E-state index < -0.39 is 48.1 Å². The highest BCUT2D eigenvalue weighted by molar-refractivity contribution is 6.07. The summed E-state index contributed by atoms with van der Waals surface area (Å²) in [7, 11) is 2.75. The summed E-state index contributed by atoms with van der Waals surface area (Å²) in [6.45, 7) is 5.16. The number of nitrogens with one attached hydrogen (secondary N) is 1. The predicted molar refractivity (Wildman–Crippen MR) is 141 cm³/mol. The SMILES string of the molecule is C=C[C@H]1CN2CC[C@@]3(C(=O)Nc4ccc(O[C@@H]5O[C@H](C(=O)O)[C@@H](O)[C@H](O)[C@H]5O)cc43)[C@@H]2C[C@@H]1/C(=C\OC)C(=O)OC. The molecule has 3 saturated heterocycles. The van der Waals surface area contributed by atoms with Crippen LogP contribution in [0.25, 0.3) is 0 Å². The van der Waals surface area contributed by atoms with Crippen LogP contribution < -0.4 is 10.1 Å². The number of aliphatic hydroxyl groups excluding tert-OH is 3. The maximum atomic E-state index is 13.7. The molecule has 1 amide bonds. The number of aliphatic hydroxyl groups is 3. The zero-order valence-electron chi connectivity index (χ0n) is 22.6. The largest absolute Gasteiger partial charge is 0.504 e. The molecule has 13 nitrogen and oxygen atoms in total. The number of ether oxygens (including phenoxy) is 4. The molecular weight excluding hydrogens is 540 g/mol. The number of hydrogen-bond acceptors (Lipinski definition) is 11. The Morgan fingerprint density at radius 3 is 2.61 bits per heavy atom. The molecule has 0 unspecified atom stereocenters. The zero-order chi connectivity index (χ0) is 29.6. The number of aliphatic carboxylic acids is 1. The van der Waals surface area contributed by atoms with Crippen molar-refractivity contribution in [3.63, 3.8) is 0 Å². The van der Waals surface area contributed by atoms with Crippen molar-refractivity contribution in [3.05, 3.63) is 48.3 Å². The molecule has 4 heterocycles. The molecule has 13 heteroatoms. The number of piperidine rings is 1. The second-order valence-corrected chi connectivity index (χ2v) is 10.8. The number of rotatable bonds is 7. The van der Waals surface area contributed by atoms with Crippen LogP contribution in [-0.4, -0.2) is 107 Å². The van der Waals surface area contributed by atoms with Crippen molar-refractivity contribution in [3.8, 4) is 5.75 Å². The number of hydrogen-bond donors (Lipinski definition) is 5. The van der Waals surface area contributed by atoms with Gasteiger partial charge in [0.15, 0.2) is 6.10 Å². The van der Waals surface area contributed by atoms with E-state index in [9.17, 15) is 34.8 Å². The molecule has 222 valence electrons. The van der Waals surface area contributed by atoms with Crippen molar-refractivity contribution in [2.24, 2.45) is 11.8 Å². The van der Waals surface area contributed by atoms with Crippen molar-refractivity contribution in [2.45, 2.75) is 55.0 Å². The third-order valence-corrected chi connectivity index (χ3v) is 8.80. The summed E-state index contributed by atoms with van der Waals surface area (Å²) >= 11 is 0. The van der Waals surface area contributed by atoms with Crippen molar-refractivity contribution in [2.75, 3.05) is 32.6 Å². The van der Waals surface area contributed by atoms with E-state index >= 15 is 0 Å². The van der Waals surface area contributed by atoms with E-state index in [-0.39, 0.29) is 29.5 Å². The summed E-state index contributed by atoms with van der Waals surface area (Å²) in [5, 5.41) is 42.9. The van der Waals surface area contributed by atoms with E-state index in [1.54, 1.807) is 18.2 Å². The highest BCUT2D eigenvalue weighted by Crippen LogP contribution is 2.53. The van der Waals surface area contributed by atoms with E-state index in [1.165, 1.54) is 26.5 Å². The maximum absolute atomic E-state index is 13.7. The standard InChI is InChI=1S/C28H34N2O11/c1-4-13-11-30-8-7-28(19(30)10-15(13)16(12-38-2)25(36)39-3)17-9-14(5-6-18(17)29-27(28)37)40-26-22(33)20(31)21(32)23(41-26)24(34)35/h4-6,9,12-13,15,19-23,26,31-33H,1,7-8,10-11H2,2-3H3,(H,29,37)(H,34,35)/b16-12+/t13-,15-,19-,20-,21-,22+,23-,26+,28-/m0/s1. The molecule has 3 fully saturated rings. The lowest BCUT2D eigenvalue weighted by atomic mass is 9.68. The zero-order valence-corrected chi connectivity index (χ0v) is 22.6. The fourth-order valence-electron chi connectivity index (χ4n) is 6.76. The topological polar surface area (TPSA) is 184 Å². The average Bonchev–Trinajstić information content (AvgIpc) is 3.47. The van der Waals surface area contributed by atoms with Gasteiger partial charge in [-0.15, -0.1) is 6.58 Å². The van der Waals surface area contributed by atoms with Crippen molar-refractivity contribution in [1.29, 1.82) is 0 Å². The van der Waals surface area contributed by atoms with Crippen LogP contribution in [0.1, 0.15) is 18.4 Å². The molecule has 0 saturated carbocycles.